The van der Waals surface area contributed by atoms with Crippen LogP contribution >= 0.6 is 11.6 Å². The van der Waals surface area contributed by atoms with Gasteiger partial charge in [0.15, 0.2) is 0 Å². The van der Waals surface area contributed by atoms with Crippen LogP contribution in [0.25, 0.3) is 0 Å². The van der Waals surface area contributed by atoms with Crippen LogP contribution in [0, 0.1) is 0 Å². The summed E-state index contributed by atoms with van der Waals surface area (Å²) in [5.74, 6) is 0.980. The van der Waals surface area contributed by atoms with Crippen LogP contribution in [0.5, 0.6) is 5.75 Å². The Morgan fingerprint density at radius 2 is 1.81 bits per heavy atom. The Hall–Kier alpha value is -0.713. The number of benzene rings is 1. The zero-order chi connectivity index (χ0) is 15.7. The fraction of sp³-hybridized carbons (Fsp3) is 0.625. The Morgan fingerprint density at radius 3 is 2.38 bits per heavy atom. The van der Waals surface area contributed by atoms with Gasteiger partial charge in [-0.15, -0.1) is 0 Å². The first kappa shape index (κ1) is 16.7. The Morgan fingerprint density at radius 1 is 1.19 bits per heavy atom. The number of halogens is 1. The van der Waals surface area contributed by atoms with Crippen molar-refractivity contribution >= 4 is 25.6 Å². The lowest BCUT2D eigenvalue weighted by Crippen LogP contribution is -2.46. The maximum absolute atomic E-state index is 6.52. The van der Waals surface area contributed by atoms with E-state index in [0.717, 1.165) is 42.6 Å². The van der Waals surface area contributed by atoms with Gasteiger partial charge in [0.25, 0.3) is 8.32 Å². The number of nitrogens with zero attached hydrogens (tertiary/aromatic N) is 1. The van der Waals surface area contributed by atoms with E-state index >= 15 is 0 Å². The summed E-state index contributed by atoms with van der Waals surface area (Å²) < 4.78 is 6.52. The molecule has 0 spiro atoms. The van der Waals surface area contributed by atoms with E-state index in [4.69, 9.17) is 16.0 Å². The molecule has 0 radical (unpaired) electrons. The van der Waals surface area contributed by atoms with Crippen LogP contribution in [0.4, 0.5) is 5.69 Å². The number of hydrogen-bond acceptors (Lipinski definition) is 3. The number of rotatable bonds is 3. The predicted octanol–water partition coefficient (Wildman–Crippen LogP) is 4.13. The monoisotopic (exact) mass is 326 g/mol. The van der Waals surface area contributed by atoms with Gasteiger partial charge in [-0.1, -0.05) is 32.4 Å². The van der Waals surface area contributed by atoms with E-state index in [9.17, 15) is 0 Å². The van der Waals surface area contributed by atoms with Crippen LogP contribution in [0.3, 0.4) is 0 Å². The molecule has 0 saturated carbocycles. The van der Waals surface area contributed by atoms with Gasteiger partial charge in [0, 0.05) is 31.2 Å². The summed E-state index contributed by atoms with van der Waals surface area (Å²) in [5.41, 5.74) is 1.13. The van der Waals surface area contributed by atoms with Gasteiger partial charge in [-0.2, -0.15) is 0 Å². The van der Waals surface area contributed by atoms with Crippen LogP contribution in [0.15, 0.2) is 18.2 Å². The van der Waals surface area contributed by atoms with Crippen molar-refractivity contribution in [1.29, 1.82) is 0 Å². The standard InChI is InChI=1S/C16H27ClN2OSi/c1-16(2,3)21(4,5)20-15-7-6-13(17)12-14(15)19-10-8-18-9-11-19/h6-7,12,18H,8-11H2,1-5H3. The Labute approximate surface area is 134 Å². The van der Waals surface area contributed by atoms with Gasteiger partial charge in [-0.05, 0) is 36.3 Å². The number of anilines is 1. The molecule has 0 aromatic heterocycles. The number of piperazine rings is 1. The summed E-state index contributed by atoms with van der Waals surface area (Å²) in [5, 5.41) is 4.34. The lowest BCUT2D eigenvalue weighted by Gasteiger charge is -2.38. The third kappa shape index (κ3) is 3.93. The molecule has 0 bridgehead atoms. The van der Waals surface area contributed by atoms with E-state index in [1.54, 1.807) is 0 Å². The second kappa shape index (κ2) is 6.19. The van der Waals surface area contributed by atoms with Crippen molar-refractivity contribution in [2.75, 3.05) is 31.1 Å². The Balaban J connectivity index is 2.31. The zero-order valence-electron chi connectivity index (χ0n) is 13.8. The second-order valence-corrected chi connectivity index (χ2v) is 12.4. The molecule has 118 valence electrons. The van der Waals surface area contributed by atoms with Gasteiger partial charge in [-0.3, -0.25) is 0 Å². The summed E-state index contributed by atoms with van der Waals surface area (Å²) in [6.07, 6.45) is 0. The lowest BCUT2D eigenvalue weighted by molar-refractivity contribution is 0.488. The molecule has 0 aliphatic carbocycles. The quantitative estimate of drug-likeness (QED) is 0.845. The van der Waals surface area contributed by atoms with Gasteiger partial charge in [-0.25, -0.2) is 0 Å². The highest BCUT2D eigenvalue weighted by Gasteiger charge is 2.39. The summed E-state index contributed by atoms with van der Waals surface area (Å²) >= 11 is 6.21. The zero-order valence-corrected chi connectivity index (χ0v) is 15.5. The Bertz CT molecular complexity index is 494. The molecule has 1 heterocycles. The minimum absolute atomic E-state index is 0.188. The summed E-state index contributed by atoms with van der Waals surface area (Å²) in [7, 11) is -1.84. The van der Waals surface area contributed by atoms with E-state index < -0.39 is 8.32 Å². The second-order valence-electron chi connectivity index (χ2n) is 7.21. The fourth-order valence-corrected chi connectivity index (χ4v) is 3.35. The maximum Gasteiger partial charge on any atom is 0.250 e. The predicted molar refractivity (Wildman–Crippen MR) is 94.4 cm³/mol. The van der Waals surface area contributed by atoms with Gasteiger partial charge in [0.2, 0.25) is 0 Å². The topological polar surface area (TPSA) is 24.5 Å². The van der Waals surface area contributed by atoms with Crippen LogP contribution in [-0.2, 0) is 0 Å². The number of nitrogens with one attached hydrogen (secondary N) is 1. The summed E-state index contributed by atoms with van der Waals surface area (Å²) in [6.45, 7) is 15.4. The van der Waals surface area contributed by atoms with Gasteiger partial charge in [0.05, 0.1) is 5.69 Å². The molecule has 21 heavy (non-hydrogen) atoms. The van der Waals surface area contributed by atoms with E-state index in [-0.39, 0.29) is 5.04 Å². The highest BCUT2D eigenvalue weighted by molar-refractivity contribution is 6.74. The number of hydrogen-bond donors (Lipinski definition) is 1. The van der Waals surface area contributed by atoms with E-state index in [2.05, 4.69) is 44.1 Å². The largest absolute Gasteiger partial charge is 0.542 e. The summed E-state index contributed by atoms with van der Waals surface area (Å²) in [6, 6.07) is 5.99. The smallest absolute Gasteiger partial charge is 0.250 e. The van der Waals surface area contributed by atoms with Crippen molar-refractivity contribution in [3.05, 3.63) is 23.2 Å². The lowest BCUT2D eigenvalue weighted by atomic mass is 10.2. The molecule has 1 aliphatic rings. The first-order valence-electron chi connectivity index (χ1n) is 7.65. The van der Waals surface area contributed by atoms with Crippen molar-refractivity contribution in [3.63, 3.8) is 0 Å². The minimum Gasteiger partial charge on any atom is -0.542 e. The van der Waals surface area contributed by atoms with Crippen molar-refractivity contribution in [1.82, 2.24) is 5.32 Å². The maximum atomic E-state index is 6.52. The summed E-state index contributed by atoms with van der Waals surface area (Å²) in [4.78, 5) is 2.37. The highest BCUT2D eigenvalue weighted by Crippen LogP contribution is 2.40. The molecule has 3 nitrogen and oxygen atoms in total. The van der Waals surface area contributed by atoms with Gasteiger partial charge in [0.1, 0.15) is 5.75 Å². The molecule has 1 saturated heterocycles. The highest BCUT2D eigenvalue weighted by atomic mass is 35.5. The molecular formula is C16H27ClN2OSi. The van der Waals surface area contributed by atoms with Crippen molar-refractivity contribution < 1.29 is 4.43 Å². The molecule has 1 aromatic rings. The molecule has 1 N–H and O–H groups in total. The minimum atomic E-state index is -1.84. The molecule has 0 amide bonds. The van der Waals surface area contributed by atoms with Crippen LogP contribution in [0.1, 0.15) is 20.8 Å². The molecular weight excluding hydrogens is 300 g/mol. The molecule has 0 atom stereocenters. The van der Waals surface area contributed by atoms with Crippen molar-refractivity contribution in [2.24, 2.45) is 0 Å². The van der Waals surface area contributed by atoms with Crippen LogP contribution in [-0.4, -0.2) is 34.5 Å². The third-order valence-corrected chi connectivity index (χ3v) is 9.13. The van der Waals surface area contributed by atoms with E-state index in [0.29, 0.717) is 0 Å². The van der Waals surface area contributed by atoms with Gasteiger partial charge >= 0.3 is 0 Å². The molecule has 0 unspecified atom stereocenters. The van der Waals surface area contributed by atoms with E-state index in [1.165, 1.54) is 0 Å². The molecule has 5 heteroatoms. The fourth-order valence-electron chi connectivity index (χ4n) is 2.16. The average Bonchev–Trinajstić information content (AvgIpc) is 2.40. The van der Waals surface area contributed by atoms with Crippen LogP contribution in [0.2, 0.25) is 23.2 Å². The van der Waals surface area contributed by atoms with Crippen molar-refractivity contribution in [3.8, 4) is 5.75 Å². The molecule has 2 rings (SSSR count). The molecule has 1 aromatic carbocycles. The Kier molecular flexibility index (Phi) is 4.91. The van der Waals surface area contributed by atoms with Gasteiger partial charge < -0.3 is 14.6 Å². The first-order valence-corrected chi connectivity index (χ1v) is 10.9. The third-order valence-electron chi connectivity index (χ3n) is 4.55. The SMILES string of the molecule is CC(C)(C)[Si](C)(C)Oc1ccc(Cl)cc1N1CCNCC1. The molecule has 1 fully saturated rings. The average molecular weight is 327 g/mol. The normalized spacial score (nSPS) is 17.0. The first-order chi connectivity index (χ1) is 9.71. The van der Waals surface area contributed by atoms with Crippen molar-refractivity contribution in [2.45, 2.75) is 38.9 Å². The van der Waals surface area contributed by atoms with E-state index in [1.807, 2.05) is 18.2 Å². The van der Waals surface area contributed by atoms with Crippen LogP contribution < -0.4 is 14.6 Å². The molecule has 1 aliphatic heterocycles.